The maximum atomic E-state index is 4.30. The molecule has 2 N–H and O–H groups in total. The molecule has 0 unspecified atom stereocenters. The van der Waals surface area contributed by atoms with Gasteiger partial charge in [-0.15, -0.1) is 5.10 Å². The molecule has 0 bridgehead atoms. The highest BCUT2D eigenvalue weighted by molar-refractivity contribution is 5.38. The van der Waals surface area contributed by atoms with E-state index in [4.69, 9.17) is 0 Å². The van der Waals surface area contributed by atoms with Crippen molar-refractivity contribution in [3.63, 3.8) is 0 Å². The minimum Gasteiger partial charge on any atom is -0.366 e. The highest BCUT2D eigenvalue weighted by Gasteiger charge is 2.22. The van der Waals surface area contributed by atoms with Crippen LogP contribution in [0.2, 0.25) is 0 Å². The molecule has 5 nitrogen and oxygen atoms in total. The molecule has 1 aromatic heterocycles. The van der Waals surface area contributed by atoms with Crippen LogP contribution in [0.5, 0.6) is 0 Å². The molecule has 0 aromatic carbocycles. The smallest absolute Gasteiger partial charge is 0.244 e. The Hall–Kier alpha value is -1.39. The third-order valence-corrected chi connectivity index (χ3v) is 1.91. The third-order valence-electron chi connectivity index (χ3n) is 1.91. The second-order valence-corrected chi connectivity index (χ2v) is 3.88. The lowest BCUT2D eigenvalue weighted by molar-refractivity contribution is 0.868. The summed E-state index contributed by atoms with van der Waals surface area (Å²) in [5, 5.41) is 14.2. The van der Waals surface area contributed by atoms with Gasteiger partial charge in [0, 0.05) is 12.1 Å². The zero-order valence-corrected chi connectivity index (χ0v) is 8.49. The molecule has 1 aliphatic carbocycles. The fourth-order valence-electron chi connectivity index (χ4n) is 1.14. The van der Waals surface area contributed by atoms with E-state index in [1.165, 1.54) is 12.8 Å². The normalized spacial score (nSPS) is 15.6. The molecule has 5 heteroatoms. The van der Waals surface area contributed by atoms with E-state index >= 15 is 0 Å². The second kappa shape index (κ2) is 3.77. The Bertz CT molecular complexity index is 289. The molecule has 76 valence electrons. The molecule has 1 fully saturated rings. The predicted octanol–water partition coefficient (Wildman–Crippen LogP) is 1.27. The second-order valence-electron chi connectivity index (χ2n) is 3.88. The number of anilines is 2. The highest BCUT2D eigenvalue weighted by Crippen LogP contribution is 2.22. The Kier molecular flexibility index (Phi) is 2.47. The molecule has 2 rings (SSSR count). The molecule has 1 aromatic rings. The number of hydrogen-bond acceptors (Lipinski definition) is 5. The van der Waals surface area contributed by atoms with Crippen molar-refractivity contribution < 1.29 is 0 Å². The highest BCUT2D eigenvalue weighted by atomic mass is 15.3. The maximum absolute atomic E-state index is 4.30. The van der Waals surface area contributed by atoms with Gasteiger partial charge in [0.1, 0.15) is 0 Å². The summed E-state index contributed by atoms with van der Waals surface area (Å²) in [5.41, 5.74) is 0. The van der Waals surface area contributed by atoms with Gasteiger partial charge in [0.2, 0.25) is 5.95 Å². The van der Waals surface area contributed by atoms with Crippen LogP contribution < -0.4 is 10.6 Å². The van der Waals surface area contributed by atoms with Gasteiger partial charge >= 0.3 is 0 Å². The minimum atomic E-state index is 0.362. The van der Waals surface area contributed by atoms with E-state index in [1.54, 1.807) is 6.20 Å². The van der Waals surface area contributed by atoms with Crippen LogP contribution in [0.25, 0.3) is 0 Å². The first-order valence-corrected chi connectivity index (χ1v) is 4.97. The Labute approximate surface area is 83.3 Å². The summed E-state index contributed by atoms with van der Waals surface area (Å²) in [7, 11) is 0. The van der Waals surface area contributed by atoms with Crippen molar-refractivity contribution in [3.8, 4) is 0 Å². The zero-order valence-electron chi connectivity index (χ0n) is 8.49. The van der Waals surface area contributed by atoms with Gasteiger partial charge in [0.25, 0.3) is 0 Å². The number of nitrogens with zero attached hydrogens (tertiary/aromatic N) is 3. The van der Waals surface area contributed by atoms with Crippen molar-refractivity contribution in [3.05, 3.63) is 6.20 Å². The van der Waals surface area contributed by atoms with Crippen LogP contribution in [-0.4, -0.2) is 27.3 Å². The van der Waals surface area contributed by atoms with Crippen molar-refractivity contribution >= 4 is 11.8 Å². The van der Waals surface area contributed by atoms with E-state index in [-0.39, 0.29) is 0 Å². The first kappa shape index (κ1) is 9.18. The van der Waals surface area contributed by atoms with Gasteiger partial charge in [-0.2, -0.15) is 10.1 Å². The zero-order chi connectivity index (χ0) is 9.97. The summed E-state index contributed by atoms with van der Waals surface area (Å²) in [6.07, 6.45) is 4.06. The predicted molar refractivity (Wildman–Crippen MR) is 55.2 cm³/mol. The Morgan fingerprint density at radius 2 is 2.21 bits per heavy atom. The largest absolute Gasteiger partial charge is 0.366 e. The number of rotatable bonds is 4. The average molecular weight is 193 g/mol. The van der Waals surface area contributed by atoms with E-state index in [2.05, 4.69) is 39.7 Å². The van der Waals surface area contributed by atoms with Crippen LogP contribution in [0.3, 0.4) is 0 Å². The molecule has 0 radical (unpaired) electrons. The summed E-state index contributed by atoms with van der Waals surface area (Å²) in [5.74, 6) is 1.40. The van der Waals surface area contributed by atoms with Gasteiger partial charge in [0.05, 0.1) is 6.20 Å². The van der Waals surface area contributed by atoms with E-state index in [9.17, 15) is 0 Å². The van der Waals surface area contributed by atoms with Crippen molar-refractivity contribution in [1.29, 1.82) is 0 Å². The molecule has 1 saturated carbocycles. The first-order chi connectivity index (χ1) is 6.74. The summed E-state index contributed by atoms with van der Waals surface area (Å²) in [6, 6.07) is 0.923. The van der Waals surface area contributed by atoms with Crippen LogP contribution in [0, 0.1) is 0 Å². The SMILES string of the molecule is CC(C)Nc1cnnc(NC2CC2)n1. The van der Waals surface area contributed by atoms with Gasteiger partial charge in [-0.3, -0.25) is 0 Å². The van der Waals surface area contributed by atoms with Crippen LogP contribution >= 0.6 is 0 Å². The number of hydrogen-bond donors (Lipinski definition) is 2. The standard InChI is InChI=1S/C9H15N5/c1-6(2)11-8-5-10-14-9(13-8)12-7-3-4-7/h5-7H,3-4H2,1-2H3,(H2,11,12,13,14). The lowest BCUT2D eigenvalue weighted by atomic mass is 10.4. The molecule has 1 aliphatic rings. The lowest BCUT2D eigenvalue weighted by Crippen LogP contribution is -2.13. The van der Waals surface area contributed by atoms with Crippen molar-refractivity contribution in [2.24, 2.45) is 0 Å². The quantitative estimate of drug-likeness (QED) is 0.754. The number of aromatic nitrogens is 3. The van der Waals surface area contributed by atoms with E-state index in [1.807, 2.05) is 0 Å². The van der Waals surface area contributed by atoms with Gasteiger partial charge in [-0.1, -0.05) is 0 Å². The summed E-state index contributed by atoms with van der Waals surface area (Å²) in [4.78, 5) is 4.30. The van der Waals surface area contributed by atoms with Gasteiger partial charge < -0.3 is 10.6 Å². The van der Waals surface area contributed by atoms with Crippen LogP contribution in [0.4, 0.5) is 11.8 Å². The lowest BCUT2D eigenvalue weighted by Gasteiger charge is -2.09. The molecular formula is C9H15N5. The molecule has 0 spiro atoms. The molecular weight excluding hydrogens is 178 g/mol. The summed E-state index contributed by atoms with van der Waals surface area (Å²) < 4.78 is 0. The van der Waals surface area contributed by atoms with Gasteiger partial charge in [-0.25, -0.2) is 0 Å². The molecule has 14 heavy (non-hydrogen) atoms. The number of nitrogens with one attached hydrogen (secondary N) is 2. The Morgan fingerprint density at radius 3 is 2.86 bits per heavy atom. The monoisotopic (exact) mass is 193 g/mol. The topological polar surface area (TPSA) is 62.7 Å². The van der Waals surface area contributed by atoms with E-state index in [0.29, 0.717) is 18.0 Å². The summed E-state index contributed by atoms with van der Waals surface area (Å²) in [6.45, 7) is 4.13. The van der Waals surface area contributed by atoms with Crippen LogP contribution in [0.1, 0.15) is 26.7 Å². The molecule has 0 atom stereocenters. The Balaban J connectivity index is 2.01. The maximum Gasteiger partial charge on any atom is 0.244 e. The van der Waals surface area contributed by atoms with Gasteiger partial charge in [0.15, 0.2) is 5.82 Å². The fraction of sp³-hybridized carbons (Fsp3) is 0.667. The van der Waals surface area contributed by atoms with Crippen LogP contribution in [0.15, 0.2) is 6.20 Å². The molecule has 0 amide bonds. The van der Waals surface area contributed by atoms with Crippen molar-refractivity contribution in [1.82, 2.24) is 15.2 Å². The molecule has 1 heterocycles. The third kappa shape index (κ3) is 2.55. The molecule has 0 saturated heterocycles. The van der Waals surface area contributed by atoms with E-state index < -0.39 is 0 Å². The van der Waals surface area contributed by atoms with Gasteiger partial charge in [-0.05, 0) is 26.7 Å². The summed E-state index contributed by atoms with van der Waals surface area (Å²) >= 11 is 0. The van der Waals surface area contributed by atoms with E-state index in [0.717, 1.165) is 5.82 Å². The van der Waals surface area contributed by atoms with Crippen molar-refractivity contribution in [2.75, 3.05) is 10.6 Å². The molecule has 0 aliphatic heterocycles. The van der Waals surface area contributed by atoms with Crippen LogP contribution in [-0.2, 0) is 0 Å². The Morgan fingerprint density at radius 1 is 1.43 bits per heavy atom. The first-order valence-electron chi connectivity index (χ1n) is 4.97. The average Bonchev–Trinajstić information content (AvgIpc) is 2.87. The minimum absolute atomic E-state index is 0.362. The van der Waals surface area contributed by atoms with Crippen molar-refractivity contribution in [2.45, 2.75) is 38.8 Å². The fourth-order valence-corrected chi connectivity index (χ4v) is 1.14.